The van der Waals surface area contributed by atoms with Crippen LogP contribution in [0.5, 0.6) is 5.75 Å². The van der Waals surface area contributed by atoms with Gasteiger partial charge in [0.05, 0.1) is 11.1 Å². The Morgan fingerprint density at radius 3 is 2.59 bits per heavy atom. The Morgan fingerprint density at radius 2 is 1.86 bits per heavy atom. The molecule has 0 aliphatic rings. The van der Waals surface area contributed by atoms with E-state index >= 15 is 0 Å². The van der Waals surface area contributed by atoms with Crippen LogP contribution in [0.1, 0.15) is 21.6 Å². The van der Waals surface area contributed by atoms with Crippen LogP contribution in [-0.2, 0) is 6.61 Å². The second-order valence-corrected chi connectivity index (χ2v) is 5.06. The summed E-state index contributed by atoms with van der Waals surface area (Å²) in [5, 5.41) is 9.95. The molecular weight excluding hydrogens is 278 g/mol. The van der Waals surface area contributed by atoms with Gasteiger partial charge in [-0.3, -0.25) is 4.98 Å². The minimum Gasteiger partial charge on any atom is -0.489 e. The fourth-order valence-electron chi connectivity index (χ4n) is 2.37. The Labute approximate surface area is 128 Å². The molecule has 0 bridgehead atoms. The van der Waals surface area contributed by atoms with Crippen LogP contribution in [0.2, 0.25) is 0 Å². The van der Waals surface area contributed by atoms with Gasteiger partial charge in [0.2, 0.25) is 0 Å². The summed E-state index contributed by atoms with van der Waals surface area (Å²) in [6.45, 7) is 2.37. The number of nitrogens with zero attached hydrogens (tertiary/aromatic N) is 1. The van der Waals surface area contributed by atoms with Gasteiger partial charge in [-0.2, -0.15) is 0 Å². The lowest BCUT2D eigenvalue weighted by molar-refractivity contribution is 0.0697. The van der Waals surface area contributed by atoms with Crippen molar-refractivity contribution >= 4 is 16.9 Å². The van der Waals surface area contributed by atoms with E-state index < -0.39 is 5.97 Å². The molecule has 0 saturated heterocycles. The number of ether oxygens (including phenoxy) is 1. The maximum Gasteiger partial charge on any atom is 0.335 e. The average Bonchev–Trinajstić information content (AvgIpc) is 2.52. The van der Waals surface area contributed by atoms with Crippen LogP contribution in [-0.4, -0.2) is 16.1 Å². The number of carboxylic acid groups (broad SMARTS) is 1. The first-order valence-electron chi connectivity index (χ1n) is 6.95. The topological polar surface area (TPSA) is 59.4 Å². The highest BCUT2D eigenvalue weighted by atomic mass is 16.5. The van der Waals surface area contributed by atoms with E-state index in [1.165, 1.54) is 12.1 Å². The van der Waals surface area contributed by atoms with E-state index in [-0.39, 0.29) is 5.56 Å². The van der Waals surface area contributed by atoms with E-state index in [0.717, 1.165) is 22.2 Å². The van der Waals surface area contributed by atoms with E-state index in [0.29, 0.717) is 12.4 Å². The maximum atomic E-state index is 10.8. The van der Waals surface area contributed by atoms with Crippen LogP contribution >= 0.6 is 0 Å². The summed E-state index contributed by atoms with van der Waals surface area (Å²) in [4.78, 5) is 15.3. The van der Waals surface area contributed by atoms with Gasteiger partial charge in [0.25, 0.3) is 0 Å². The lowest BCUT2D eigenvalue weighted by Crippen LogP contribution is -2.00. The van der Waals surface area contributed by atoms with Crippen LogP contribution in [0.3, 0.4) is 0 Å². The summed E-state index contributed by atoms with van der Waals surface area (Å²) < 4.78 is 5.77. The highest BCUT2D eigenvalue weighted by Crippen LogP contribution is 2.21. The van der Waals surface area contributed by atoms with Crippen molar-refractivity contribution in [1.29, 1.82) is 0 Å². The number of carboxylic acids is 1. The molecule has 0 radical (unpaired) electrons. The van der Waals surface area contributed by atoms with E-state index in [2.05, 4.69) is 4.98 Å². The van der Waals surface area contributed by atoms with Crippen molar-refractivity contribution in [3.05, 3.63) is 71.4 Å². The molecule has 0 aliphatic heterocycles. The number of hydrogen-bond acceptors (Lipinski definition) is 3. The molecule has 3 rings (SSSR count). The third kappa shape index (κ3) is 2.91. The number of hydrogen-bond donors (Lipinski definition) is 1. The normalized spacial score (nSPS) is 10.6. The van der Waals surface area contributed by atoms with Gasteiger partial charge >= 0.3 is 5.97 Å². The summed E-state index contributed by atoms with van der Waals surface area (Å²) in [6, 6.07) is 16.4. The highest BCUT2D eigenvalue weighted by molar-refractivity contribution is 5.87. The molecule has 1 heterocycles. The summed E-state index contributed by atoms with van der Waals surface area (Å²) in [5.74, 6) is -0.300. The molecule has 0 atom stereocenters. The molecule has 0 saturated carbocycles. The van der Waals surface area contributed by atoms with Crippen molar-refractivity contribution < 1.29 is 14.6 Å². The first-order chi connectivity index (χ1) is 10.6. The van der Waals surface area contributed by atoms with Gasteiger partial charge in [-0.05, 0) is 43.3 Å². The average molecular weight is 293 g/mol. The van der Waals surface area contributed by atoms with Gasteiger partial charge in [0, 0.05) is 16.6 Å². The fraction of sp³-hybridized carbons (Fsp3) is 0.111. The van der Waals surface area contributed by atoms with Crippen LogP contribution in [0, 0.1) is 6.92 Å². The molecule has 0 spiro atoms. The zero-order valence-corrected chi connectivity index (χ0v) is 12.1. The Bertz CT molecular complexity index is 825. The zero-order valence-electron chi connectivity index (χ0n) is 12.1. The highest BCUT2D eigenvalue weighted by Gasteiger charge is 2.06. The van der Waals surface area contributed by atoms with Crippen LogP contribution in [0.15, 0.2) is 54.6 Å². The Kier molecular flexibility index (Phi) is 3.74. The van der Waals surface area contributed by atoms with Crippen molar-refractivity contribution in [1.82, 2.24) is 4.98 Å². The number of rotatable bonds is 4. The smallest absolute Gasteiger partial charge is 0.335 e. The standard InChI is InChI=1S/C18H15NO3/c1-12-10-14(16-4-2-3-5-17(16)19-12)11-22-15-8-6-13(7-9-15)18(20)21/h2-10H,11H2,1H3,(H,20,21). The largest absolute Gasteiger partial charge is 0.489 e. The van der Waals surface area contributed by atoms with Crippen LogP contribution < -0.4 is 4.74 Å². The van der Waals surface area contributed by atoms with Crippen molar-refractivity contribution in [2.45, 2.75) is 13.5 Å². The number of para-hydroxylation sites is 1. The lowest BCUT2D eigenvalue weighted by Gasteiger charge is -2.10. The summed E-state index contributed by atoms with van der Waals surface area (Å²) in [6.07, 6.45) is 0. The number of aryl methyl sites for hydroxylation is 1. The van der Waals surface area contributed by atoms with Crippen molar-refractivity contribution in [3.8, 4) is 5.75 Å². The Morgan fingerprint density at radius 1 is 1.14 bits per heavy atom. The molecule has 1 N–H and O–H groups in total. The second kappa shape index (κ2) is 5.85. The van der Waals surface area contributed by atoms with Gasteiger partial charge in [-0.25, -0.2) is 4.79 Å². The third-order valence-corrected chi connectivity index (χ3v) is 3.43. The van der Waals surface area contributed by atoms with Crippen molar-refractivity contribution in [2.75, 3.05) is 0 Å². The number of pyridine rings is 1. The molecule has 4 heteroatoms. The van der Waals surface area contributed by atoms with Gasteiger partial charge in [0.1, 0.15) is 12.4 Å². The molecule has 3 aromatic rings. The molecule has 0 unspecified atom stereocenters. The molecule has 4 nitrogen and oxygen atoms in total. The molecule has 110 valence electrons. The van der Waals surface area contributed by atoms with E-state index in [9.17, 15) is 4.79 Å². The predicted molar refractivity (Wildman–Crippen MR) is 84.2 cm³/mol. The van der Waals surface area contributed by atoms with Gasteiger partial charge in [0.15, 0.2) is 0 Å². The summed E-state index contributed by atoms with van der Waals surface area (Å²) in [7, 11) is 0. The summed E-state index contributed by atoms with van der Waals surface area (Å²) >= 11 is 0. The Balaban J connectivity index is 1.83. The van der Waals surface area contributed by atoms with Crippen molar-refractivity contribution in [2.24, 2.45) is 0 Å². The molecule has 1 aromatic heterocycles. The minimum atomic E-state index is -0.942. The number of carbonyl (C=O) groups is 1. The minimum absolute atomic E-state index is 0.248. The number of fused-ring (bicyclic) bond motifs is 1. The molecule has 0 amide bonds. The molecule has 2 aromatic carbocycles. The maximum absolute atomic E-state index is 10.8. The first kappa shape index (κ1) is 14.1. The van der Waals surface area contributed by atoms with E-state index in [1.54, 1.807) is 12.1 Å². The number of aromatic carboxylic acids is 1. The first-order valence-corrected chi connectivity index (χ1v) is 6.95. The number of benzene rings is 2. The molecule has 0 aliphatic carbocycles. The molecule has 0 fully saturated rings. The van der Waals surface area contributed by atoms with Crippen LogP contribution in [0.4, 0.5) is 0 Å². The van der Waals surface area contributed by atoms with Gasteiger partial charge in [-0.15, -0.1) is 0 Å². The zero-order chi connectivity index (χ0) is 15.5. The molecular formula is C18H15NO3. The Hall–Kier alpha value is -2.88. The summed E-state index contributed by atoms with van der Waals surface area (Å²) in [5.41, 5.74) is 3.20. The van der Waals surface area contributed by atoms with Gasteiger partial charge < -0.3 is 9.84 Å². The SMILES string of the molecule is Cc1cc(COc2ccc(C(=O)O)cc2)c2ccccc2n1. The third-order valence-electron chi connectivity index (χ3n) is 3.43. The molecule has 22 heavy (non-hydrogen) atoms. The van der Waals surface area contributed by atoms with Crippen molar-refractivity contribution in [3.63, 3.8) is 0 Å². The lowest BCUT2D eigenvalue weighted by atomic mass is 10.1. The number of aromatic nitrogens is 1. The monoisotopic (exact) mass is 293 g/mol. The second-order valence-electron chi connectivity index (χ2n) is 5.06. The van der Waals surface area contributed by atoms with Crippen LogP contribution in [0.25, 0.3) is 10.9 Å². The van der Waals surface area contributed by atoms with E-state index in [1.807, 2.05) is 37.3 Å². The fourth-order valence-corrected chi connectivity index (χ4v) is 2.37. The quantitative estimate of drug-likeness (QED) is 0.794. The van der Waals surface area contributed by atoms with E-state index in [4.69, 9.17) is 9.84 Å². The van der Waals surface area contributed by atoms with Gasteiger partial charge in [-0.1, -0.05) is 18.2 Å². The predicted octanol–water partition coefficient (Wildman–Crippen LogP) is 3.82.